The van der Waals surface area contributed by atoms with E-state index in [0.29, 0.717) is 30.4 Å². The minimum atomic E-state index is -0.646. The lowest BCUT2D eigenvalue weighted by Gasteiger charge is -2.25. The number of rotatable bonds is 14. The Hall–Kier alpha value is -2.37. The van der Waals surface area contributed by atoms with E-state index in [1.807, 2.05) is 6.92 Å². The predicted molar refractivity (Wildman–Crippen MR) is 117 cm³/mol. The maximum absolute atomic E-state index is 12.8. The van der Waals surface area contributed by atoms with Gasteiger partial charge in [0.25, 0.3) is 0 Å². The van der Waals surface area contributed by atoms with Crippen molar-refractivity contribution in [3.05, 3.63) is 35.4 Å². The Bertz CT molecular complexity index is 717. The molecule has 2 rings (SSSR count). The van der Waals surface area contributed by atoms with Gasteiger partial charge in [0.2, 0.25) is 0 Å². The van der Waals surface area contributed by atoms with Gasteiger partial charge in [-0.15, -0.1) is 0 Å². The van der Waals surface area contributed by atoms with Gasteiger partial charge in [0.05, 0.1) is 31.5 Å². The van der Waals surface area contributed by atoms with Crippen LogP contribution < -0.4 is 0 Å². The highest BCUT2D eigenvalue weighted by atomic mass is 16.5. The van der Waals surface area contributed by atoms with Gasteiger partial charge in [-0.25, -0.2) is 4.79 Å². The Labute approximate surface area is 180 Å². The van der Waals surface area contributed by atoms with E-state index in [4.69, 9.17) is 14.2 Å². The highest BCUT2D eigenvalue weighted by molar-refractivity contribution is 6.28. The van der Waals surface area contributed by atoms with Crippen molar-refractivity contribution in [3.8, 4) is 0 Å². The third kappa shape index (κ3) is 6.85. The molecule has 1 aliphatic heterocycles. The number of ether oxygens (including phenoxy) is 3. The SMILES string of the molecule is CCCCCCCCCCOC1=CC2C(=O)C(C(=O)OCC)=CN=C2C=C1OCC. The summed E-state index contributed by atoms with van der Waals surface area (Å²) in [6, 6.07) is 0. The summed E-state index contributed by atoms with van der Waals surface area (Å²) in [4.78, 5) is 29.1. The molecule has 1 atom stereocenters. The maximum atomic E-state index is 12.8. The molecule has 1 heterocycles. The van der Waals surface area contributed by atoms with Crippen molar-refractivity contribution < 1.29 is 23.8 Å². The summed E-state index contributed by atoms with van der Waals surface area (Å²) in [7, 11) is 0. The number of allylic oxidation sites excluding steroid dienone is 2. The fraction of sp³-hybridized carbons (Fsp3) is 0.625. The molecule has 2 aliphatic rings. The number of fused-ring (bicyclic) bond motifs is 1. The zero-order chi connectivity index (χ0) is 21.8. The Morgan fingerprint density at radius 2 is 1.63 bits per heavy atom. The second-order valence-corrected chi connectivity index (χ2v) is 7.45. The first kappa shape index (κ1) is 23.9. The van der Waals surface area contributed by atoms with Gasteiger partial charge >= 0.3 is 5.97 Å². The van der Waals surface area contributed by atoms with Gasteiger partial charge in [0, 0.05) is 12.3 Å². The molecule has 1 unspecified atom stereocenters. The Morgan fingerprint density at radius 3 is 2.30 bits per heavy atom. The molecule has 0 aromatic rings. The van der Waals surface area contributed by atoms with E-state index in [1.54, 1.807) is 19.1 Å². The van der Waals surface area contributed by atoms with Crippen LogP contribution in [0.2, 0.25) is 0 Å². The largest absolute Gasteiger partial charge is 0.490 e. The number of esters is 1. The van der Waals surface area contributed by atoms with Crippen LogP contribution in [-0.4, -0.2) is 37.3 Å². The van der Waals surface area contributed by atoms with Crippen molar-refractivity contribution >= 4 is 17.5 Å². The molecule has 30 heavy (non-hydrogen) atoms. The molecular weight excluding hydrogens is 382 g/mol. The zero-order valence-corrected chi connectivity index (χ0v) is 18.6. The molecule has 0 fully saturated rings. The number of ketones is 1. The normalized spacial score (nSPS) is 18.0. The Morgan fingerprint density at radius 1 is 0.933 bits per heavy atom. The van der Waals surface area contributed by atoms with Crippen LogP contribution in [0.3, 0.4) is 0 Å². The van der Waals surface area contributed by atoms with Crippen LogP contribution in [0.1, 0.15) is 72.1 Å². The van der Waals surface area contributed by atoms with Gasteiger partial charge in [0.15, 0.2) is 17.3 Å². The first-order valence-electron chi connectivity index (χ1n) is 11.3. The third-order valence-electron chi connectivity index (χ3n) is 5.10. The summed E-state index contributed by atoms with van der Waals surface area (Å²) in [5.41, 5.74) is 0.522. The molecule has 0 amide bonds. The van der Waals surface area contributed by atoms with Gasteiger partial charge in [0.1, 0.15) is 5.57 Å². The van der Waals surface area contributed by atoms with Gasteiger partial charge in [-0.2, -0.15) is 0 Å². The number of unbranched alkanes of at least 4 members (excludes halogenated alkanes) is 7. The van der Waals surface area contributed by atoms with Crippen molar-refractivity contribution in [3.63, 3.8) is 0 Å². The van der Waals surface area contributed by atoms with E-state index in [1.165, 1.54) is 44.7 Å². The lowest BCUT2D eigenvalue weighted by molar-refractivity contribution is -0.140. The molecule has 1 aliphatic carbocycles. The highest BCUT2D eigenvalue weighted by Crippen LogP contribution is 2.29. The maximum Gasteiger partial charge on any atom is 0.343 e. The minimum Gasteiger partial charge on any atom is -0.490 e. The minimum absolute atomic E-state index is 0.0301. The molecule has 166 valence electrons. The smallest absolute Gasteiger partial charge is 0.343 e. The lowest BCUT2D eigenvalue weighted by atomic mass is 9.87. The molecule has 0 saturated heterocycles. The second-order valence-electron chi connectivity index (χ2n) is 7.45. The molecule has 6 nitrogen and oxygen atoms in total. The van der Waals surface area contributed by atoms with Gasteiger partial charge in [-0.1, -0.05) is 51.9 Å². The van der Waals surface area contributed by atoms with Crippen LogP contribution in [0.25, 0.3) is 0 Å². The van der Waals surface area contributed by atoms with Crippen molar-refractivity contribution in [1.29, 1.82) is 0 Å². The molecule has 0 radical (unpaired) electrons. The zero-order valence-electron chi connectivity index (χ0n) is 18.6. The Balaban J connectivity index is 1.92. The number of hydrogen-bond donors (Lipinski definition) is 0. The highest BCUT2D eigenvalue weighted by Gasteiger charge is 2.35. The standard InChI is InChI=1S/C24H35NO5/c1-4-7-8-9-10-11-12-13-14-30-21-15-18-20(16-22(21)28-5-2)25-17-19(23(18)26)24(27)29-6-3/h15-18H,4-14H2,1-3H3. The van der Waals surface area contributed by atoms with Crippen LogP contribution in [-0.2, 0) is 23.8 Å². The molecule has 0 N–H and O–H groups in total. The number of hydrogen-bond acceptors (Lipinski definition) is 6. The molecular formula is C24H35NO5. The summed E-state index contributed by atoms with van der Waals surface area (Å²) in [6.45, 7) is 7.10. The van der Waals surface area contributed by atoms with Crippen molar-refractivity contribution in [2.45, 2.75) is 72.1 Å². The van der Waals surface area contributed by atoms with Crippen LogP contribution in [0, 0.1) is 5.92 Å². The van der Waals surface area contributed by atoms with Crippen molar-refractivity contribution in [1.82, 2.24) is 0 Å². The topological polar surface area (TPSA) is 74.2 Å². The van der Waals surface area contributed by atoms with Crippen LogP contribution in [0.4, 0.5) is 0 Å². The average molecular weight is 418 g/mol. The van der Waals surface area contributed by atoms with E-state index >= 15 is 0 Å². The number of aliphatic imine (C=N–C) groups is 1. The molecule has 6 heteroatoms. The number of carbonyl (C=O) groups is 2. The molecule has 0 bridgehead atoms. The van der Waals surface area contributed by atoms with E-state index in [-0.39, 0.29) is 18.0 Å². The summed E-state index contributed by atoms with van der Waals surface area (Å²) in [5, 5.41) is 0. The number of nitrogens with zero attached hydrogens (tertiary/aromatic N) is 1. The van der Waals surface area contributed by atoms with Gasteiger partial charge in [-0.05, 0) is 26.3 Å². The Kier molecular flexibility index (Phi) is 10.4. The molecule has 0 aromatic carbocycles. The van der Waals surface area contributed by atoms with E-state index < -0.39 is 11.9 Å². The first-order valence-corrected chi connectivity index (χ1v) is 11.3. The average Bonchev–Trinajstić information content (AvgIpc) is 2.73. The van der Waals surface area contributed by atoms with Gasteiger partial charge in [-0.3, -0.25) is 9.79 Å². The van der Waals surface area contributed by atoms with Crippen LogP contribution in [0.5, 0.6) is 0 Å². The molecule has 0 aromatic heterocycles. The lowest BCUT2D eigenvalue weighted by Crippen LogP contribution is -2.32. The van der Waals surface area contributed by atoms with Crippen LogP contribution in [0.15, 0.2) is 40.4 Å². The quantitative estimate of drug-likeness (QED) is 0.225. The summed E-state index contributed by atoms with van der Waals surface area (Å²) >= 11 is 0. The van der Waals surface area contributed by atoms with Crippen molar-refractivity contribution in [2.24, 2.45) is 10.9 Å². The third-order valence-corrected chi connectivity index (χ3v) is 5.10. The first-order chi connectivity index (χ1) is 14.6. The summed E-state index contributed by atoms with van der Waals surface area (Å²) < 4.78 is 16.6. The fourth-order valence-corrected chi connectivity index (χ4v) is 3.48. The monoisotopic (exact) mass is 417 g/mol. The fourth-order valence-electron chi connectivity index (χ4n) is 3.48. The van der Waals surface area contributed by atoms with Crippen molar-refractivity contribution in [2.75, 3.05) is 19.8 Å². The summed E-state index contributed by atoms with van der Waals surface area (Å²) in [5.74, 6) is -0.486. The van der Waals surface area contributed by atoms with Crippen LogP contribution >= 0.6 is 0 Å². The summed E-state index contributed by atoms with van der Waals surface area (Å²) in [6.07, 6.45) is 14.5. The van der Waals surface area contributed by atoms with E-state index in [2.05, 4.69) is 11.9 Å². The van der Waals surface area contributed by atoms with Gasteiger partial charge < -0.3 is 14.2 Å². The molecule has 0 saturated carbocycles. The van der Waals surface area contributed by atoms with E-state index in [0.717, 1.165) is 12.8 Å². The predicted octanol–water partition coefficient (Wildman–Crippen LogP) is 5.05. The number of carbonyl (C=O) groups excluding carboxylic acids is 2. The number of Topliss-reactive ketones (excluding diaryl/α,β-unsaturated/α-hetero) is 1. The molecule has 0 spiro atoms. The van der Waals surface area contributed by atoms with E-state index in [9.17, 15) is 9.59 Å². The second kappa shape index (κ2) is 13.0.